The molecule has 0 atom stereocenters. The van der Waals surface area contributed by atoms with Crippen LogP contribution in [0.1, 0.15) is 11.1 Å². The second kappa shape index (κ2) is 3.36. The molecule has 0 fully saturated rings. The van der Waals surface area contributed by atoms with Crippen molar-refractivity contribution in [3.05, 3.63) is 35.1 Å². The summed E-state index contributed by atoms with van der Waals surface area (Å²) >= 11 is 5.41. The SMILES string of the molecule is N#Cc1ccc(F)c(CCl)c1. The van der Waals surface area contributed by atoms with Gasteiger partial charge < -0.3 is 0 Å². The molecule has 0 amide bonds. The zero-order valence-corrected chi connectivity index (χ0v) is 6.40. The van der Waals surface area contributed by atoms with E-state index >= 15 is 0 Å². The summed E-state index contributed by atoms with van der Waals surface area (Å²) in [4.78, 5) is 0. The minimum absolute atomic E-state index is 0.0986. The van der Waals surface area contributed by atoms with Crippen molar-refractivity contribution in [1.82, 2.24) is 0 Å². The van der Waals surface area contributed by atoms with Gasteiger partial charge in [-0.15, -0.1) is 11.6 Å². The average molecular weight is 170 g/mol. The van der Waals surface area contributed by atoms with Crippen molar-refractivity contribution in [3.63, 3.8) is 0 Å². The van der Waals surface area contributed by atoms with Crippen LogP contribution in [0.25, 0.3) is 0 Å². The number of benzene rings is 1. The van der Waals surface area contributed by atoms with Gasteiger partial charge in [0.15, 0.2) is 0 Å². The van der Waals surface area contributed by atoms with E-state index in [-0.39, 0.29) is 11.7 Å². The highest BCUT2D eigenvalue weighted by atomic mass is 35.5. The van der Waals surface area contributed by atoms with Crippen LogP contribution in [0.15, 0.2) is 18.2 Å². The van der Waals surface area contributed by atoms with Gasteiger partial charge in [-0.2, -0.15) is 5.26 Å². The van der Waals surface area contributed by atoms with Gasteiger partial charge in [0.2, 0.25) is 0 Å². The van der Waals surface area contributed by atoms with E-state index in [1.54, 1.807) is 0 Å². The van der Waals surface area contributed by atoms with E-state index in [1.165, 1.54) is 18.2 Å². The predicted molar refractivity (Wildman–Crippen MR) is 40.7 cm³/mol. The maximum atomic E-state index is 12.7. The summed E-state index contributed by atoms with van der Waals surface area (Å²) in [6.07, 6.45) is 0. The first-order chi connectivity index (χ1) is 5.27. The summed E-state index contributed by atoms with van der Waals surface area (Å²) < 4.78 is 12.7. The van der Waals surface area contributed by atoms with E-state index in [9.17, 15) is 4.39 Å². The first-order valence-electron chi connectivity index (χ1n) is 3.02. The Morgan fingerprint density at radius 1 is 1.55 bits per heavy atom. The van der Waals surface area contributed by atoms with Crippen LogP contribution in [0.2, 0.25) is 0 Å². The van der Waals surface area contributed by atoms with Crippen LogP contribution in [0.4, 0.5) is 4.39 Å². The number of hydrogen-bond acceptors (Lipinski definition) is 1. The largest absolute Gasteiger partial charge is 0.207 e. The first kappa shape index (κ1) is 8.03. The molecule has 0 aromatic heterocycles. The predicted octanol–water partition coefficient (Wildman–Crippen LogP) is 2.44. The fourth-order valence-electron chi connectivity index (χ4n) is 0.747. The Kier molecular flexibility index (Phi) is 2.45. The van der Waals surface area contributed by atoms with E-state index < -0.39 is 0 Å². The molecule has 0 heterocycles. The van der Waals surface area contributed by atoms with Gasteiger partial charge in [0.1, 0.15) is 5.82 Å². The molecule has 0 saturated carbocycles. The summed E-state index contributed by atoms with van der Waals surface area (Å²) in [5.41, 5.74) is 0.799. The smallest absolute Gasteiger partial charge is 0.127 e. The number of nitriles is 1. The Bertz CT molecular complexity index is 303. The highest BCUT2D eigenvalue weighted by Gasteiger charge is 2.00. The molecular formula is C8H5ClFN. The van der Waals surface area contributed by atoms with E-state index in [2.05, 4.69) is 0 Å². The highest BCUT2D eigenvalue weighted by Crippen LogP contribution is 2.11. The number of halogens is 2. The first-order valence-corrected chi connectivity index (χ1v) is 3.56. The zero-order chi connectivity index (χ0) is 8.27. The lowest BCUT2D eigenvalue weighted by Crippen LogP contribution is -1.86. The Labute approximate surface area is 69.0 Å². The van der Waals surface area contributed by atoms with Gasteiger partial charge in [-0.05, 0) is 18.2 Å². The van der Waals surface area contributed by atoms with Crippen LogP contribution in [0.5, 0.6) is 0 Å². The molecule has 0 aliphatic heterocycles. The van der Waals surface area contributed by atoms with Gasteiger partial charge >= 0.3 is 0 Å². The topological polar surface area (TPSA) is 23.8 Å². The lowest BCUT2D eigenvalue weighted by Gasteiger charge is -1.96. The van der Waals surface area contributed by atoms with Gasteiger partial charge in [-0.1, -0.05) is 0 Å². The summed E-state index contributed by atoms with van der Waals surface area (Å²) in [5.74, 6) is -0.263. The molecule has 1 nitrogen and oxygen atoms in total. The normalized spacial score (nSPS) is 9.18. The third kappa shape index (κ3) is 1.69. The van der Waals surface area contributed by atoms with Gasteiger partial charge in [0, 0.05) is 5.56 Å². The number of alkyl halides is 1. The van der Waals surface area contributed by atoms with E-state index in [1.807, 2.05) is 6.07 Å². The summed E-state index contributed by atoms with van der Waals surface area (Å²) in [6.45, 7) is 0. The number of nitrogens with zero attached hydrogens (tertiary/aromatic N) is 1. The summed E-state index contributed by atoms with van der Waals surface area (Å²) in [5, 5.41) is 8.43. The van der Waals surface area contributed by atoms with E-state index in [0.29, 0.717) is 11.1 Å². The van der Waals surface area contributed by atoms with Crippen LogP contribution in [0, 0.1) is 17.1 Å². The molecule has 0 bridgehead atoms. The monoisotopic (exact) mass is 169 g/mol. The standard InChI is InChI=1S/C8H5ClFN/c9-4-7-3-6(5-11)1-2-8(7)10/h1-3H,4H2. The van der Waals surface area contributed by atoms with Crippen molar-refractivity contribution in [2.24, 2.45) is 0 Å². The minimum atomic E-state index is -0.362. The van der Waals surface area contributed by atoms with Crippen molar-refractivity contribution in [1.29, 1.82) is 5.26 Å². The fourth-order valence-corrected chi connectivity index (χ4v) is 0.952. The number of hydrogen-bond donors (Lipinski definition) is 0. The zero-order valence-electron chi connectivity index (χ0n) is 5.64. The molecule has 1 rings (SSSR count). The van der Waals surface area contributed by atoms with Crippen LogP contribution >= 0.6 is 11.6 Å². The molecule has 0 saturated heterocycles. The van der Waals surface area contributed by atoms with Crippen molar-refractivity contribution < 1.29 is 4.39 Å². The van der Waals surface area contributed by atoms with Crippen LogP contribution in [0.3, 0.4) is 0 Å². The molecule has 11 heavy (non-hydrogen) atoms. The fraction of sp³-hybridized carbons (Fsp3) is 0.125. The molecule has 1 aromatic rings. The van der Waals surface area contributed by atoms with Gasteiger partial charge in [-0.3, -0.25) is 0 Å². The Morgan fingerprint density at radius 2 is 2.27 bits per heavy atom. The van der Waals surface area contributed by atoms with Crippen molar-refractivity contribution >= 4 is 11.6 Å². The minimum Gasteiger partial charge on any atom is -0.207 e. The quantitative estimate of drug-likeness (QED) is 0.593. The Hall–Kier alpha value is -1.07. The summed E-state index contributed by atoms with van der Waals surface area (Å²) in [6, 6.07) is 6.02. The molecular weight excluding hydrogens is 165 g/mol. The van der Waals surface area contributed by atoms with Crippen molar-refractivity contribution in [3.8, 4) is 6.07 Å². The molecule has 0 spiro atoms. The van der Waals surface area contributed by atoms with Gasteiger partial charge in [0.25, 0.3) is 0 Å². The van der Waals surface area contributed by atoms with Crippen molar-refractivity contribution in [2.75, 3.05) is 0 Å². The molecule has 1 aromatic carbocycles. The molecule has 0 aliphatic carbocycles. The van der Waals surface area contributed by atoms with Crippen LogP contribution < -0.4 is 0 Å². The van der Waals surface area contributed by atoms with Crippen molar-refractivity contribution in [2.45, 2.75) is 5.88 Å². The molecule has 0 unspecified atom stereocenters. The number of rotatable bonds is 1. The molecule has 0 aliphatic rings. The average Bonchev–Trinajstić information content (AvgIpc) is 2.05. The molecule has 56 valence electrons. The second-order valence-corrected chi connectivity index (χ2v) is 2.32. The second-order valence-electron chi connectivity index (χ2n) is 2.05. The van der Waals surface area contributed by atoms with Crippen LogP contribution in [-0.2, 0) is 5.88 Å². The molecule has 0 N–H and O–H groups in total. The molecule has 0 radical (unpaired) electrons. The lowest BCUT2D eigenvalue weighted by atomic mass is 10.1. The third-order valence-electron chi connectivity index (χ3n) is 1.32. The highest BCUT2D eigenvalue weighted by molar-refractivity contribution is 6.17. The molecule has 3 heteroatoms. The maximum Gasteiger partial charge on any atom is 0.127 e. The Morgan fingerprint density at radius 3 is 2.82 bits per heavy atom. The van der Waals surface area contributed by atoms with Gasteiger partial charge in [0.05, 0.1) is 17.5 Å². The maximum absolute atomic E-state index is 12.7. The lowest BCUT2D eigenvalue weighted by molar-refractivity contribution is 0.617. The summed E-state index contributed by atoms with van der Waals surface area (Å²) in [7, 11) is 0. The third-order valence-corrected chi connectivity index (χ3v) is 1.61. The Balaban J connectivity index is 3.15. The van der Waals surface area contributed by atoms with Gasteiger partial charge in [-0.25, -0.2) is 4.39 Å². The van der Waals surface area contributed by atoms with Crippen LogP contribution in [-0.4, -0.2) is 0 Å². The van der Waals surface area contributed by atoms with E-state index in [4.69, 9.17) is 16.9 Å². The van der Waals surface area contributed by atoms with E-state index in [0.717, 1.165) is 0 Å².